The predicted octanol–water partition coefficient (Wildman–Crippen LogP) is 2.21. The molecule has 0 aliphatic carbocycles. The number of hydrogen-bond donors (Lipinski definition) is 1. The number of rotatable bonds is 7. The molecule has 4 heteroatoms. The molecule has 0 saturated carbocycles. The molecule has 1 rings (SSSR count). The van der Waals surface area contributed by atoms with Crippen molar-refractivity contribution in [3.63, 3.8) is 0 Å². The highest BCUT2D eigenvalue weighted by atomic mass is 15.3. The van der Waals surface area contributed by atoms with Gasteiger partial charge in [-0.1, -0.05) is 13.0 Å². The van der Waals surface area contributed by atoms with Crippen LogP contribution in [0.2, 0.25) is 0 Å². The van der Waals surface area contributed by atoms with E-state index in [0.717, 1.165) is 25.1 Å². The highest BCUT2D eigenvalue weighted by Crippen LogP contribution is 2.12. The third kappa shape index (κ3) is 3.45. The minimum absolute atomic E-state index is 0.238. The van der Waals surface area contributed by atoms with E-state index < -0.39 is 0 Å². The summed E-state index contributed by atoms with van der Waals surface area (Å²) in [7, 11) is 1.97. The van der Waals surface area contributed by atoms with E-state index in [1.807, 2.05) is 17.7 Å². The van der Waals surface area contributed by atoms with Crippen LogP contribution >= 0.6 is 0 Å². The summed E-state index contributed by atoms with van der Waals surface area (Å²) in [5.74, 6) is 0.983. The molecule has 0 radical (unpaired) electrons. The largest absolute Gasteiger partial charge is 0.319 e. The van der Waals surface area contributed by atoms with E-state index in [2.05, 4.69) is 35.9 Å². The smallest absolute Gasteiger partial charge is 0.149 e. The highest BCUT2D eigenvalue weighted by molar-refractivity contribution is 4.93. The van der Waals surface area contributed by atoms with Gasteiger partial charge in [0, 0.05) is 13.1 Å². The molecule has 0 fully saturated rings. The molecular weight excluding hydrogens is 200 g/mol. The van der Waals surface area contributed by atoms with E-state index in [-0.39, 0.29) is 6.04 Å². The Morgan fingerprint density at radius 2 is 2.38 bits per heavy atom. The Bertz CT molecular complexity index is 319. The van der Waals surface area contributed by atoms with Crippen LogP contribution in [0.3, 0.4) is 0 Å². The van der Waals surface area contributed by atoms with Crippen molar-refractivity contribution in [3.05, 3.63) is 24.8 Å². The quantitative estimate of drug-likeness (QED) is 0.719. The topological polar surface area (TPSA) is 42.7 Å². The van der Waals surface area contributed by atoms with E-state index in [1.54, 1.807) is 6.33 Å². The van der Waals surface area contributed by atoms with Gasteiger partial charge in [0.15, 0.2) is 0 Å². The molecule has 16 heavy (non-hydrogen) atoms. The third-order valence-corrected chi connectivity index (χ3v) is 2.83. The maximum atomic E-state index is 4.11. The van der Waals surface area contributed by atoms with Crippen molar-refractivity contribution >= 4 is 0 Å². The number of nitrogens with zero attached hydrogens (tertiary/aromatic N) is 3. The maximum Gasteiger partial charge on any atom is 0.149 e. The van der Waals surface area contributed by atoms with Gasteiger partial charge in [-0.3, -0.25) is 0 Å². The second-order valence-corrected chi connectivity index (χ2v) is 4.16. The zero-order chi connectivity index (χ0) is 12.0. The van der Waals surface area contributed by atoms with E-state index >= 15 is 0 Å². The summed E-state index contributed by atoms with van der Waals surface area (Å²) in [5.41, 5.74) is 0. The zero-order valence-electron chi connectivity index (χ0n) is 10.5. The molecule has 0 spiro atoms. The van der Waals surface area contributed by atoms with Gasteiger partial charge in [0.25, 0.3) is 0 Å². The standard InChI is InChI=1S/C12H22N4/c1-5-7-8-11(6-2)14-10(3)12-15-13-9-16(12)4/h5,9-11,14H,1,6-8H2,2-4H3. The van der Waals surface area contributed by atoms with Crippen LogP contribution < -0.4 is 5.32 Å². The fraction of sp³-hybridized carbons (Fsp3) is 0.667. The van der Waals surface area contributed by atoms with Crippen molar-refractivity contribution in [1.82, 2.24) is 20.1 Å². The first-order valence-corrected chi connectivity index (χ1v) is 5.89. The van der Waals surface area contributed by atoms with Crippen LogP contribution in [0.5, 0.6) is 0 Å². The Hall–Kier alpha value is -1.16. The molecule has 1 aromatic heterocycles. The molecule has 0 aromatic carbocycles. The number of aryl methyl sites for hydroxylation is 1. The Morgan fingerprint density at radius 3 is 2.88 bits per heavy atom. The van der Waals surface area contributed by atoms with Gasteiger partial charge in [-0.15, -0.1) is 16.8 Å². The molecular formula is C12H22N4. The summed E-state index contributed by atoms with van der Waals surface area (Å²) >= 11 is 0. The first kappa shape index (κ1) is 12.9. The van der Waals surface area contributed by atoms with E-state index in [9.17, 15) is 0 Å². The lowest BCUT2D eigenvalue weighted by Crippen LogP contribution is -2.32. The Kier molecular flexibility index (Phi) is 5.19. The van der Waals surface area contributed by atoms with Crippen LogP contribution in [0.1, 0.15) is 45.0 Å². The van der Waals surface area contributed by atoms with Crippen LogP contribution in [0.4, 0.5) is 0 Å². The van der Waals surface area contributed by atoms with Gasteiger partial charge < -0.3 is 9.88 Å². The van der Waals surface area contributed by atoms with Gasteiger partial charge in [0.05, 0.1) is 6.04 Å². The average molecular weight is 222 g/mol. The first-order valence-electron chi connectivity index (χ1n) is 5.89. The summed E-state index contributed by atoms with van der Waals surface area (Å²) in [4.78, 5) is 0. The highest BCUT2D eigenvalue weighted by Gasteiger charge is 2.14. The molecule has 2 atom stereocenters. The van der Waals surface area contributed by atoms with Crippen LogP contribution in [-0.2, 0) is 7.05 Å². The lowest BCUT2D eigenvalue weighted by molar-refractivity contribution is 0.406. The van der Waals surface area contributed by atoms with Crippen molar-refractivity contribution in [2.24, 2.45) is 7.05 Å². The monoisotopic (exact) mass is 222 g/mol. The molecule has 2 unspecified atom stereocenters. The molecule has 0 saturated heterocycles. The summed E-state index contributed by atoms with van der Waals surface area (Å²) in [6.45, 7) is 8.08. The lowest BCUT2D eigenvalue weighted by atomic mass is 10.1. The summed E-state index contributed by atoms with van der Waals surface area (Å²) in [5, 5.41) is 11.6. The molecule has 0 aliphatic heterocycles. The Balaban J connectivity index is 2.51. The average Bonchev–Trinajstić information content (AvgIpc) is 2.70. The summed E-state index contributed by atoms with van der Waals surface area (Å²) < 4.78 is 1.96. The van der Waals surface area contributed by atoms with Gasteiger partial charge in [-0.2, -0.15) is 0 Å². The van der Waals surface area contributed by atoms with Crippen molar-refractivity contribution in [3.8, 4) is 0 Å². The lowest BCUT2D eigenvalue weighted by Gasteiger charge is -2.21. The minimum atomic E-state index is 0.238. The van der Waals surface area contributed by atoms with Crippen molar-refractivity contribution in [2.45, 2.75) is 45.2 Å². The molecule has 1 aromatic rings. The van der Waals surface area contributed by atoms with Gasteiger partial charge in [-0.05, 0) is 26.2 Å². The van der Waals surface area contributed by atoms with E-state index in [4.69, 9.17) is 0 Å². The molecule has 4 nitrogen and oxygen atoms in total. The van der Waals surface area contributed by atoms with Gasteiger partial charge in [0.2, 0.25) is 0 Å². The molecule has 1 heterocycles. The van der Waals surface area contributed by atoms with E-state index in [0.29, 0.717) is 6.04 Å². The second kappa shape index (κ2) is 6.43. The Labute approximate surface area is 97.8 Å². The van der Waals surface area contributed by atoms with Crippen molar-refractivity contribution in [2.75, 3.05) is 0 Å². The van der Waals surface area contributed by atoms with Gasteiger partial charge in [-0.25, -0.2) is 0 Å². The molecule has 0 aliphatic rings. The molecule has 1 N–H and O–H groups in total. The van der Waals surface area contributed by atoms with Crippen LogP contribution in [0.15, 0.2) is 19.0 Å². The van der Waals surface area contributed by atoms with Crippen LogP contribution in [-0.4, -0.2) is 20.8 Å². The fourth-order valence-electron chi connectivity index (χ4n) is 1.84. The summed E-state index contributed by atoms with van der Waals surface area (Å²) in [6, 6.07) is 0.756. The van der Waals surface area contributed by atoms with E-state index in [1.165, 1.54) is 0 Å². The van der Waals surface area contributed by atoms with Gasteiger partial charge >= 0.3 is 0 Å². The Morgan fingerprint density at radius 1 is 1.62 bits per heavy atom. The predicted molar refractivity (Wildman–Crippen MR) is 66.1 cm³/mol. The third-order valence-electron chi connectivity index (χ3n) is 2.83. The maximum absolute atomic E-state index is 4.11. The number of nitrogens with one attached hydrogen (secondary N) is 1. The molecule has 90 valence electrons. The zero-order valence-corrected chi connectivity index (χ0v) is 10.5. The van der Waals surface area contributed by atoms with Crippen LogP contribution in [0.25, 0.3) is 0 Å². The van der Waals surface area contributed by atoms with Crippen LogP contribution in [0, 0.1) is 0 Å². The number of allylic oxidation sites excluding steroid dienone is 1. The second-order valence-electron chi connectivity index (χ2n) is 4.16. The SMILES string of the molecule is C=CCCC(CC)NC(C)c1nncn1C. The first-order chi connectivity index (χ1) is 7.69. The minimum Gasteiger partial charge on any atom is -0.319 e. The normalized spacial score (nSPS) is 14.7. The fourth-order valence-corrected chi connectivity index (χ4v) is 1.84. The summed E-state index contributed by atoms with van der Waals surface area (Å²) in [6.07, 6.45) is 7.00. The molecule has 0 amide bonds. The molecule has 0 bridgehead atoms. The van der Waals surface area contributed by atoms with Gasteiger partial charge in [0.1, 0.15) is 12.2 Å². The van der Waals surface area contributed by atoms with Crippen molar-refractivity contribution < 1.29 is 0 Å². The van der Waals surface area contributed by atoms with Crippen molar-refractivity contribution in [1.29, 1.82) is 0 Å². The number of hydrogen-bond acceptors (Lipinski definition) is 3. The number of aromatic nitrogens is 3.